The number of benzene rings is 1. The van der Waals surface area contributed by atoms with E-state index in [4.69, 9.17) is 11.6 Å². The second kappa shape index (κ2) is 7.76. The number of rotatable bonds is 3. The number of aryl methyl sites for hydroxylation is 1. The first kappa shape index (κ1) is 18.2. The molecule has 1 aromatic rings. The average Bonchev–Trinajstić information content (AvgIpc) is 2.92. The minimum atomic E-state index is -0.449. The second-order valence-electron chi connectivity index (χ2n) is 6.35. The summed E-state index contributed by atoms with van der Waals surface area (Å²) < 4.78 is 0. The minimum absolute atomic E-state index is 0.107. The van der Waals surface area contributed by atoms with Gasteiger partial charge in [0.2, 0.25) is 5.91 Å². The van der Waals surface area contributed by atoms with E-state index in [1.54, 1.807) is 12.1 Å². The Morgan fingerprint density at radius 1 is 1.36 bits per heavy atom. The normalized spacial score (nSPS) is 21.4. The number of piperazine rings is 1. The van der Waals surface area contributed by atoms with E-state index in [1.165, 1.54) is 11.8 Å². The number of hydrogen-bond donors (Lipinski definition) is 1. The third-order valence-electron chi connectivity index (χ3n) is 4.33. The van der Waals surface area contributed by atoms with Crippen molar-refractivity contribution < 1.29 is 9.59 Å². The van der Waals surface area contributed by atoms with Gasteiger partial charge in [0.15, 0.2) is 5.17 Å². The summed E-state index contributed by atoms with van der Waals surface area (Å²) in [6, 6.07) is 5.36. The number of carbonyl (C=O) groups is 2. The molecule has 134 valence electrons. The third kappa shape index (κ3) is 4.54. The van der Waals surface area contributed by atoms with Gasteiger partial charge in [-0.1, -0.05) is 29.4 Å². The van der Waals surface area contributed by atoms with E-state index in [9.17, 15) is 9.59 Å². The van der Waals surface area contributed by atoms with E-state index in [2.05, 4.69) is 27.2 Å². The molecule has 2 heterocycles. The van der Waals surface area contributed by atoms with Crippen LogP contribution in [0.25, 0.3) is 0 Å². The smallest absolute Gasteiger partial charge is 0.262 e. The number of hydrogen-bond acceptors (Lipinski definition) is 5. The lowest BCUT2D eigenvalue weighted by atomic mass is 10.2. The van der Waals surface area contributed by atoms with Crippen LogP contribution in [0.1, 0.15) is 12.0 Å². The Morgan fingerprint density at radius 2 is 2.08 bits per heavy atom. The predicted octanol–water partition coefficient (Wildman–Crippen LogP) is 2.22. The number of halogens is 1. The van der Waals surface area contributed by atoms with Crippen LogP contribution in [0, 0.1) is 6.92 Å². The molecule has 1 unspecified atom stereocenters. The summed E-state index contributed by atoms with van der Waals surface area (Å²) in [7, 11) is 2.08. The van der Waals surface area contributed by atoms with Gasteiger partial charge in [0.25, 0.3) is 5.91 Å². The van der Waals surface area contributed by atoms with Crippen LogP contribution in [-0.2, 0) is 9.59 Å². The van der Waals surface area contributed by atoms with Crippen LogP contribution >= 0.6 is 23.4 Å². The molecule has 1 fully saturated rings. The predicted molar refractivity (Wildman–Crippen MR) is 102 cm³/mol. The zero-order chi connectivity index (χ0) is 18.0. The van der Waals surface area contributed by atoms with Gasteiger partial charge < -0.3 is 15.1 Å². The zero-order valence-electron chi connectivity index (χ0n) is 14.3. The Labute approximate surface area is 156 Å². The van der Waals surface area contributed by atoms with Crippen LogP contribution in [0.15, 0.2) is 23.2 Å². The first-order valence-corrected chi connectivity index (χ1v) is 9.47. The molecule has 2 amide bonds. The van der Waals surface area contributed by atoms with Crippen molar-refractivity contribution in [3.8, 4) is 0 Å². The molecule has 3 rings (SSSR count). The molecular weight excluding hydrogens is 360 g/mol. The molecule has 8 heteroatoms. The number of likely N-dealkylation sites (N-methyl/N-ethyl adjacent to an activating group) is 1. The van der Waals surface area contributed by atoms with E-state index in [0.29, 0.717) is 10.7 Å². The van der Waals surface area contributed by atoms with Crippen molar-refractivity contribution >= 4 is 46.0 Å². The van der Waals surface area contributed by atoms with E-state index in [1.807, 2.05) is 13.0 Å². The first-order chi connectivity index (χ1) is 11.9. The highest BCUT2D eigenvalue weighted by molar-refractivity contribution is 8.15. The highest BCUT2D eigenvalue weighted by Gasteiger charge is 2.33. The van der Waals surface area contributed by atoms with E-state index < -0.39 is 5.25 Å². The molecule has 0 spiro atoms. The van der Waals surface area contributed by atoms with Gasteiger partial charge in [-0.3, -0.25) is 9.59 Å². The van der Waals surface area contributed by atoms with Crippen LogP contribution in [0.3, 0.4) is 0 Å². The highest BCUT2D eigenvalue weighted by Crippen LogP contribution is 2.28. The largest absolute Gasteiger partial charge is 0.349 e. The maximum absolute atomic E-state index is 12.2. The number of carbonyl (C=O) groups excluding carboxylic acids is 2. The Kier molecular flexibility index (Phi) is 5.66. The van der Waals surface area contributed by atoms with Crippen LogP contribution in [0.2, 0.25) is 5.02 Å². The third-order valence-corrected chi connectivity index (χ3v) is 5.95. The van der Waals surface area contributed by atoms with Crippen molar-refractivity contribution in [3.05, 3.63) is 28.8 Å². The summed E-state index contributed by atoms with van der Waals surface area (Å²) in [6.45, 7) is 5.52. The van der Waals surface area contributed by atoms with Crippen molar-refractivity contribution in [2.75, 3.05) is 38.5 Å². The fraction of sp³-hybridized carbons (Fsp3) is 0.471. The summed E-state index contributed by atoms with van der Waals surface area (Å²) in [6.07, 6.45) is 0.107. The maximum Gasteiger partial charge on any atom is 0.262 e. The van der Waals surface area contributed by atoms with Gasteiger partial charge in [-0.05, 0) is 31.7 Å². The molecule has 0 aliphatic carbocycles. The van der Waals surface area contributed by atoms with Crippen LogP contribution < -0.4 is 5.32 Å². The minimum Gasteiger partial charge on any atom is -0.349 e. The lowest BCUT2D eigenvalue weighted by Crippen LogP contribution is -2.46. The summed E-state index contributed by atoms with van der Waals surface area (Å²) in [5, 5.41) is 3.70. The van der Waals surface area contributed by atoms with Gasteiger partial charge >= 0.3 is 0 Å². The highest BCUT2D eigenvalue weighted by atomic mass is 35.5. The molecule has 6 nitrogen and oxygen atoms in total. The van der Waals surface area contributed by atoms with E-state index in [0.717, 1.165) is 36.9 Å². The Balaban J connectivity index is 1.54. The van der Waals surface area contributed by atoms with Crippen molar-refractivity contribution in [2.24, 2.45) is 4.99 Å². The van der Waals surface area contributed by atoms with Gasteiger partial charge in [-0.15, -0.1) is 0 Å². The Bertz CT molecular complexity index is 717. The summed E-state index contributed by atoms with van der Waals surface area (Å²) in [5.41, 5.74) is 1.59. The molecule has 0 radical (unpaired) electrons. The van der Waals surface area contributed by atoms with Gasteiger partial charge in [0.1, 0.15) is 5.25 Å². The Morgan fingerprint density at radius 3 is 2.76 bits per heavy atom. The lowest BCUT2D eigenvalue weighted by molar-refractivity contribution is -0.121. The summed E-state index contributed by atoms with van der Waals surface area (Å²) in [5.74, 6) is -0.434. The van der Waals surface area contributed by atoms with Crippen molar-refractivity contribution in [2.45, 2.75) is 18.6 Å². The monoisotopic (exact) mass is 380 g/mol. The molecule has 1 atom stereocenters. The van der Waals surface area contributed by atoms with Crippen molar-refractivity contribution in [1.29, 1.82) is 0 Å². The second-order valence-corrected chi connectivity index (χ2v) is 7.92. The zero-order valence-corrected chi connectivity index (χ0v) is 15.9. The molecule has 0 bridgehead atoms. The van der Waals surface area contributed by atoms with Crippen molar-refractivity contribution in [1.82, 2.24) is 9.80 Å². The molecule has 0 saturated carbocycles. The number of thioether (sulfide) groups is 1. The average molecular weight is 381 g/mol. The molecule has 2 aliphatic rings. The quantitative estimate of drug-likeness (QED) is 0.871. The molecular formula is C17H21ClN4O2S. The molecule has 2 aliphatic heterocycles. The van der Waals surface area contributed by atoms with Gasteiger partial charge in [0.05, 0.1) is 0 Å². The van der Waals surface area contributed by atoms with Crippen LogP contribution in [-0.4, -0.2) is 65.3 Å². The molecule has 0 aromatic heterocycles. The fourth-order valence-electron chi connectivity index (χ4n) is 2.69. The van der Waals surface area contributed by atoms with Gasteiger partial charge in [-0.25, -0.2) is 0 Å². The fourth-order valence-corrected chi connectivity index (χ4v) is 3.99. The van der Waals surface area contributed by atoms with E-state index >= 15 is 0 Å². The number of amides is 2. The lowest BCUT2D eigenvalue weighted by Gasteiger charge is -2.33. The molecule has 1 aromatic carbocycles. The summed E-state index contributed by atoms with van der Waals surface area (Å²) in [4.78, 5) is 32.9. The number of aliphatic imine (C=N–C) groups is 1. The SMILES string of the molecule is Cc1ccc(NC(=O)CC2SC(N3CCN(C)CC3)=NC2=O)cc1Cl. The number of anilines is 1. The molecule has 25 heavy (non-hydrogen) atoms. The number of nitrogens with zero attached hydrogens (tertiary/aromatic N) is 3. The standard InChI is InChI=1S/C17H21ClN4O2S/c1-11-3-4-12(9-13(11)18)19-15(23)10-14-16(24)20-17(25-14)22-7-5-21(2)6-8-22/h3-4,9,14H,5-8,10H2,1-2H3,(H,19,23). The van der Waals surface area contributed by atoms with Gasteiger partial charge in [0, 0.05) is 43.3 Å². The van der Waals surface area contributed by atoms with Crippen LogP contribution in [0.5, 0.6) is 0 Å². The van der Waals surface area contributed by atoms with E-state index in [-0.39, 0.29) is 18.2 Å². The topological polar surface area (TPSA) is 65.0 Å². The van der Waals surface area contributed by atoms with Gasteiger partial charge in [-0.2, -0.15) is 4.99 Å². The van der Waals surface area contributed by atoms with Crippen LogP contribution in [0.4, 0.5) is 5.69 Å². The summed E-state index contributed by atoms with van der Waals surface area (Å²) >= 11 is 7.46. The number of amidine groups is 1. The van der Waals surface area contributed by atoms with Crippen molar-refractivity contribution in [3.63, 3.8) is 0 Å². The Hall–Kier alpha value is -1.57. The first-order valence-electron chi connectivity index (χ1n) is 8.21. The maximum atomic E-state index is 12.2. The number of nitrogens with one attached hydrogen (secondary N) is 1. The molecule has 1 saturated heterocycles. The molecule has 1 N–H and O–H groups in total.